The lowest BCUT2D eigenvalue weighted by Gasteiger charge is -2.24. The molecule has 0 bridgehead atoms. The largest absolute Gasteiger partial charge is 0.383 e. The summed E-state index contributed by atoms with van der Waals surface area (Å²) in [5.41, 5.74) is 0.406. The molecule has 10 heteroatoms. The second-order valence-electron chi connectivity index (χ2n) is 6.85. The Kier molecular flexibility index (Phi) is 6.53. The Morgan fingerprint density at radius 3 is 2.71 bits per heavy atom. The summed E-state index contributed by atoms with van der Waals surface area (Å²) in [7, 11) is -2.32. The van der Waals surface area contributed by atoms with Gasteiger partial charge in [0.25, 0.3) is 11.7 Å². The van der Waals surface area contributed by atoms with Crippen LogP contribution in [0.5, 0.6) is 0 Å². The summed E-state index contributed by atoms with van der Waals surface area (Å²) in [5.74, 6) is -1.47. The van der Waals surface area contributed by atoms with Crippen molar-refractivity contribution in [3.8, 4) is 0 Å². The number of carbonyl (C=O) groups excluding carboxylic acids is 2. The number of hydrogen-bond acceptors (Lipinski definition) is 5. The van der Waals surface area contributed by atoms with E-state index in [2.05, 4.69) is 15.9 Å². The maximum absolute atomic E-state index is 13.2. The first-order chi connectivity index (χ1) is 13.3. The maximum atomic E-state index is 13.2. The van der Waals surface area contributed by atoms with Crippen LogP contribution in [-0.2, 0) is 19.6 Å². The van der Waals surface area contributed by atoms with Gasteiger partial charge in [-0.05, 0) is 53.7 Å². The summed E-state index contributed by atoms with van der Waals surface area (Å²) in [6.45, 7) is 0.381. The van der Waals surface area contributed by atoms with Gasteiger partial charge in [0.05, 0.1) is 29.4 Å². The number of ether oxygens (including phenoxy) is 1. The number of benzene rings is 1. The SMILES string of the molecule is COC[C@@H]1CCCN1S(=O)(=O)c1cc(Br)c2c(c1)C(=O)C(=O)N2CCCCF. The van der Waals surface area contributed by atoms with Crippen molar-refractivity contribution in [2.45, 2.75) is 36.6 Å². The maximum Gasteiger partial charge on any atom is 0.299 e. The van der Waals surface area contributed by atoms with Gasteiger partial charge in [0.2, 0.25) is 10.0 Å². The number of nitrogens with zero attached hydrogens (tertiary/aromatic N) is 2. The van der Waals surface area contributed by atoms with Crippen molar-refractivity contribution in [2.75, 3.05) is 38.4 Å². The van der Waals surface area contributed by atoms with Gasteiger partial charge in [-0.15, -0.1) is 0 Å². The van der Waals surface area contributed by atoms with Crippen molar-refractivity contribution >= 4 is 43.3 Å². The molecular weight excluding hydrogens is 455 g/mol. The molecule has 0 spiro atoms. The van der Waals surface area contributed by atoms with Gasteiger partial charge in [-0.25, -0.2) is 8.42 Å². The lowest BCUT2D eigenvalue weighted by Crippen LogP contribution is -2.38. The van der Waals surface area contributed by atoms with Gasteiger partial charge in [0.15, 0.2) is 0 Å². The normalized spacial score (nSPS) is 20.2. The van der Waals surface area contributed by atoms with E-state index >= 15 is 0 Å². The molecule has 1 aromatic rings. The quantitative estimate of drug-likeness (QED) is 0.425. The smallest absolute Gasteiger partial charge is 0.299 e. The molecule has 3 rings (SSSR count). The van der Waals surface area contributed by atoms with Gasteiger partial charge in [-0.3, -0.25) is 14.0 Å². The van der Waals surface area contributed by atoms with Crippen LogP contribution in [-0.4, -0.2) is 63.9 Å². The van der Waals surface area contributed by atoms with E-state index in [0.717, 1.165) is 6.42 Å². The van der Waals surface area contributed by atoms with E-state index in [4.69, 9.17) is 4.74 Å². The molecule has 7 nitrogen and oxygen atoms in total. The summed E-state index contributed by atoms with van der Waals surface area (Å²) in [4.78, 5) is 26.0. The second kappa shape index (κ2) is 8.56. The van der Waals surface area contributed by atoms with Gasteiger partial charge in [-0.1, -0.05) is 0 Å². The molecule has 2 aliphatic rings. The zero-order chi connectivity index (χ0) is 20.5. The fraction of sp³-hybridized carbons (Fsp3) is 0.556. The highest BCUT2D eigenvalue weighted by molar-refractivity contribution is 9.10. The van der Waals surface area contributed by atoms with Crippen LogP contribution in [0.15, 0.2) is 21.5 Å². The van der Waals surface area contributed by atoms with Gasteiger partial charge >= 0.3 is 0 Å². The number of rotatable bonds is 8. The molecule has 0 aromatic heterocycles. The third-order valence-electron chi connectivity index (χ3n) is 5.04. The number of alkyl halides is 1. The number of Topliss-reactive ketones (excluding diaryl/α,β-unsaturated/α-hetero) is 1. The number of carbonyl (C=O) groups is 2. The summed E-state index contributed by atoms with van der Waals surface area (Å²) >= 11 is 3.32. The third-order valence-corrected chi connectivity index (χ3v) is 7.58. The van der Waals surface area contributed by atoms with Crippen LogP contribution >= 0.6 is 15.9 Å². The average Bonchev–Trinajstić information content (AvgIpc) is 3.22. The van der Waals surface area contributed by atoms with Gasteiger partial charge in [0.1, 0.15) is 0 Å². The minimum atomic E-state index is -3.84. The summed E-state index contributed by atoms with van der Waals surface area (Å²) in [6, 6.07) is 2.44. The standard InChI is InChI=1S/C18H22BrFN2O5S/c1-27-11-12-5-4-8-22(12)28(25,26)13-9-14-16(15(19)10-13)21(7-3-2-6-20)18(24)17(14)23/h9-10,12H,2-8,11H2,1H3/t12-/m0/s1. The van der Waals surface area contributed by atoms with Crippen LogP contribution in [0.25, 0.3) is 0 Å². The predicted molar refractivity (Wildman–Crippen MR) is 105 cm³/mol. The highest BCUT2D eigenvalue weighted by Gasteiger charge is 2.41. The lowest BCUT2D eigenvalue weighted by atomic mass is 10.1. The molecular formula is C18H22BrFN2O5S. The Bertz CT molecular complexity index is 892. The third kappa shape index (κ3) is 3.74. The van der Waals surface area contributed by atoms with E-state index in [0.29, 0.717) is 36.2 Å². The molecule has 1 saturated heterocycles. The molecule has 0 N–H and O–H groups in total. The summed E-state index contributed by atoms with van der Waals surface area (Å²) in [6.07, 6.45) is 2.14. The van der Waals surface area contributed by atoms with Crippen molar-refractivity contribution in [3.05, 3.63) is 22.2 Å². The minimum absolute atomic E-state index is 0.0344. The second-order valence-corrected chi connectivity index (χ2v) is 9.60. The molecule has 0 radical (unpaired) electrons. The molecule has 0 saturated carbocycles. The van der Waals surface area contributed by atoms with E-state index in [1.54, 1.807) is 0 Å². The Balaban J connectivity index is 1.97. The highest BCUT2D eigenvalue weighted by Crippen LogP contribution is 2.39. The number of methoxy groups -OCH3 is 1. The summed E-state index contributed by atoms with van der Waals surface area (Å²) in [5, 5.41) is 0. The topological polar surface area (TPSA) is 84.0 Å². The zero-order valence-corrected chi connectivity index (χ0v) is 17.9. The van der Waals surface area contributed by atoms with E-state index < -0.39 is 28.4 Å². The van der Waals surface area contributed by atoms with Gasteiger partial charge in [0, 0.05) is 30.7 Å². The Morgan fingerprint density at radius 1 is 1.29 bits per heavy atom. The summed E-state index contributed by atoms with van der Waals surface area (Å²) < 4.78 is 45.6. The number of fused-ring (bicyclic) bond motifs is 1. The van der Waals surface area contributed by atoms with Crippen molar-refractivity contribution in [3.63, 3.8) is 0 Å². The Morgan fingerprint density at radius 2 is 2.04 bits per heavy atom. The number of halogens is 2. The molecule has 154 valence electrons. The highest BCUT2D eigenvalue weighted by atomic mass is 79.9. The fourth-order valence-corrected chi connectivity index (χ4v) is 6.27. The number of unbranched alkanes of at least 4 members (excludes halogenated alkanes) is 1. The molecule has 2 aliphatic heterocycles. The number of sulfonamides is 1. The van der Waals surface area contributed by atoms with Crippen molar-refractivity contribution in [1.82, 2.24) is 4.31 Å². The number of amides is 1. The predicted octanol–water partition coefficient (Wildman–Crippen LogP) is 2.53. The molecule has 1 atom stereocenters. The zero-order valence-electron chi connectivity index (χ0n) is 15.5. The van der Waals surface area contributed by atoms with Crippen LogP contribution < -0.4 is 4.90 Å². The fourth-order valence-electron chi connectivity index (χ4n) is 3.71. The van der Waals surface area contributed by atoms with E-state index in [1.165, 1.54) is 28.4 Å². The van der Waals surface area contributed by atoms with Crippen LogP contribution in [0.1, 0.15) is 36.0 Å². The van der Waals surface area contributed by atoms with E-state index in [9.17, 15) is 22.4 Å². The molecule has 1 aromatic carbocycles. The number of hydrogen-bond donors (Lipinski definition) is 0. The Labute approximate surface area is 172 Å². The van der Waals surface area contributed by atoms with Crippen molar-refractivity contribution in [2.24, 2.45) is 0 Å². The lowest BCUT2D eigenvalue weighted by molar-refractivity contribution is -0.114. The number of anilines is 1. The van der Waals surface area contributed by atoms with Crippen molar-refractivity contribution < 1.29 is 27.1 Å². The molecule has 1 amide bonds. The minimum Gasteiger partial charge on any atom is -0.383 e. The molecule has 0 unspecified atom stereocenters. The Hall–Kier alpha value is -1.36. The molecule has 1 fully saturated rings. The number of ketones is 1. The van der Waals surface area contributed by atoms with Gasteiger partial charge in [-0.2, -0.15) is 4.31 Å². The van der Waals surface area contributed by atoms with Crippen LogP contribution in [0.4, 0.5) is 10.1 Å². The van der Waals surface area contributed by atoms with Gasteiger partial charge < -0.3 is 9.64 Å². The van der Waals surface area contributed by atoms with Crippen molar-refractivity contribution in [1.29, 1.82) is 0 Å². The van der Waals surface area contributed by atoms with E-state index in [-0.39, 0.29) is 29.5 Å². The first kappa shape index (κ1) is 21.4. The molecule has 2 heterocycles. The monoisotopic (exact) mass is 476 g/mol. The first-order valence-electron chi connectivity index (χ1n) is 9.09. The van der Waals surface area contributed by atoms with Crippen LogP contribution in [0.2, 0.25) is 0 Å². The molecule has 0 aliphatic carbocycles. The first-order valence-corrected chi connectivity index (χ1v) is 11.3. The van der Waals surface area contributed by atoms with Crippen LogP contribution in [0, 0.1) is 0 Å². The average molecular weight is 477 g/mol. The van der Waals surface area contributed by atoms with Crippen LogP contribution in [0.3, 0.4) is 0 Å². The van der Waals surface area contributed by atoms with E-state index in [1.807, 2.05) is 0 Å². The molecule has 28 heavy (non-hydrogen) atoms.